The van der Waals surface area contributed by atoms with Gasteiger partial charge < -0.3 is 4.90 Å². The molecule has 1 atom stereocenters. The molecule has 0 spiro atoms. The maximum atomic E-state index is 13.6. The van der Waals surface area contributed by atoms with Crippen molar-refractivity contribution < 1.29 is 18.8 Å². The SMILES string of the molecule is CC(=O)N1C=Cc2ccccc2[C@H]1CC(=O)NNC(=O)CSc1ccccc1F. The van der Waals surface area contributed by atoms with Crippen LogP contribution in [0.3, 0.4) is 0 Å². The molecule has 1 aliphatic heterocycles. The van der Waals surface area contributed by atoms with Gasteiger partial charge in [0, 0.05) is 18.0 Å². The summed E-state index contributed by atoms with van der Waals surface area (Å²) in [5.41, 5.74) is 6.49. The lowest BCUT2D eigenvalue weighted by Crippen LogP contribution is -2.44. The van der Waals surface area contributed by atoms with Crippen molar-refractivity contribution in [2.75, 3.05) is 5.75 Å². The van der Waals surface area contributed by atoms with Crippen LogP contribution in [0, 0.1) is 5.82 Å². The third-order valence-corrected chi connectivity index (χ3v) is 5.43. The number of carbonyl (C=O) groups excluding carboxylic acids is 3. The molecule has 0 aromatic heterocycles. The minimum absolute atomic E-state index is 0.0122. The minimum Gasteiger partial charge on any atom is -0.311 e. The van der Waals surface area contributed by atoms with Gasteiger partial charge in [-0.25, -0.2) is 4.39 Å². The van der Waals surface area contributed by atoms with Gasteiger partial charge in [-0.15, -0.1) is 11.8 Å². The Morgan fingerprint density at radius 2 is 1.72 bits per heavy atom. The van der Waals surface area contributed by atoms with Gasteiger partial charge in [0.1, 0.15) is 5.82 Å². The highest BCUT2D eigenvalue weighted by Crippen LogP contribution is 2.32. The average molecular weight is 413 g/mol. The smallest absolute Gasteiger partial charge is 0.248 e. The lowest BCUT2D eigenvalue weighted by Gasteiger charge is -2.32. The van der Waals surface area contributed by atoms with Crippen molar-refractivity contribution >= 4 is 35.6 Å². The Bertz CT molecular complexity index is 964. The first-order valence-corrected chi connectivity index (χ1v) is 9.95. The summed E-state index contributed by atoms with van der Waals surface area (Å²) < 4.78 is 13.6. The van der Waals surface area contributed by atoms with Crippen molar-refractivity contribution in [3.8, 4) is 0 Å². The molecule has 0 bridgehead atoms. The Kier molecular flexibility index (Phi) is 6.66. The van der Waals surface area contributed by atoms with E-state index in [1.54, 1.807) is 24.4 Å². The molecule has 0 fully saturated rings. The summed E-state index contributed by atoms with van der Waals surface area (Å²) in [6.45, 7) is 1.44. The molecule has 1 heterocycles. The van der Waals surface area contributed by atoms with E-state index in [0.29, 0.717) is 4.90 Å². The van der Waals surface area contributed by atoms with E-state index in [1.165, 1.54) is 17.9 Å². The van der Waals surface area contributed by atoms with Gasteiger partial charge in [-0.3, -0.25) is 25.2 Å². The highest BCUT2D eigenvalue weighted by molar-refractivity contribution is 8.00. The van der Waals surface area contributed by atoms with E-state index < -0.39 is 23.7 Å². The first kappa shape index (κ1) is 20.6. The first-order chi connectivity index (χ1) is 14.0. The van der Waals surface area contributed by atoms with Gasteiger partial charge >= 0.3 is 0 Å². The summed E-state index contributed by atoms with van der Waals surface area (Å²) in [7, 11) is 0. The number of halogens is 1. The second-order valence-electron chi connectivity index (χ2n) is 6.41. The van der Waals surface area contributed by atoms with Gasteiger partial charge in [-0.2, -0.15) is 0 Å². The van der Waals surface area contributed by atoms with Crippen LogP contribution >= 0.6 is 11.8 Å². The Morgan fingerprint density at radius 1 is 1.03 bits per heavy atom. The third-order valence-electron chi connectivity index (χ3n) is 4.38. The molecule has 0 saturated heterocycles. The molecule has 3 amide bonds. The number of hydrogen-bond donors (Lipinski definition) is 2. The fourth-order valence-corrected chi connectivity index (χ4v) is 3.76. The molecule has 150 valence electrons. The standard InChI is InChI=1S/C21H20FN3O3S/c1-14(26)25-11-10-15-6-2-3-7-16(15)18(25)12-20(27)23-24-21(28)13-29-19-9-5-4-8-17(19)22/h2-11,18H,12-13H2,1H3,(H,23,27)(H,24,28)/t18-/m1/s1. The normalized spacial score (nSPS) is 14.8. The lowest BCUT2D eigenvalue weighted by molar-refractivity contribution is -0.131. The predicted molar refractivity (Wildman–Crippen MR) is 109 cm³/mol. The van der Waals surface area contributed by atoms with Crippen LogP contribution in [0.15, 0.2) is 59.6 Å². The van der Waals surface area contributed by atoms with E-state index in [-0.39, 0.29) is 18.1 Å². The minimum atomic E-state index is -0.460. The number of nitrogens with zero attached hydrogens (tertiary/aromatic N) is 1. The number of benzene rings is 2. The van der Waals surface area contributed by atoms with Crippen molar-refractivity contribution in [3.05, 3.63) is 71.7 Å². The molecule has 8 heteroatoms. The van der Waals surface area contributed by atoms with Gasteiger partial charge in [-0.05, 0) is 29.3 Å². The van der Waals surface area contributed by atoms with Crippen LogP contribution in [0.4, 0.5) is 4.39 Å². The molecule has 1 aliphatic rings. The number of hydrazine groups is 1. The van der Waals surface area contributed by atoms with Crippen molar-refractivity contribution in [2.24, 2.45) is 0 Å². The van der Waals surface area contributed by atoms with Crippen molar-refractivity contribution in [2.45, 2.75) is 24.3 Å². The van der Waals surface area contributed by atoms with E-state index in [2.05, 4.69) is 10.9 Å². The number of hydrogen-bond acceptors (Lipinski definition) is 4. The van der Waals surface area contributed by atoms with Gasteiger partial charge in [0.05, 0.1) is 18.2 Å². The maximum Gasteiger partial charge on any atom is 0.248 e. The summed E-state index contributed by atoms with van der Waals surface area (Å²) in [4.78, 5) is 38.1. The van der Waals surface area contributed by atoms with E-state index in [0.717, 1.165) is 22.9 Å². The third kappa shape index (κ3) is 5.23. The highest BCUT2D eigenvalue weighted by Gasteiger charge is 2.28. The average Bonchev–Trinajstić information content (AvgIpc) is 2.71. The zero-order valence-electron chi connectivity index (χ0n) is 15.7. The lowest BCUT2D eigenvalue weighted by atomic mass is 9.93. The van der Waals surface area contributed by atoms with Crippen LogP contribution in [0.2, 0.25) is 0 Å². The summed E-state index contributed by atoms with van der Waals surface area (Å²) in [5, 5.41) is 0. The summed E-state index contributed by atoms with van der Waals surface area (Å²) in [6, 6.07) is 13.2. The molecule has 2 aromatic carbocycles. The Labute approximate surface area is 172 Å². The number of thioether (sulfide) groups is 1. The van der Waals surface area contributed by atoms with Crippen molar-refractivity contribution in [3.63, 3.8) is 0 Å². The van der Waals surface area contributed by atoms with E-state index in [4.69, 9.17) is 0 Å². The zero-order chi connectivity index (χ0) is 20.8. The predicted octanol–water partition coefficient (Wildman–Crippen LogP) is 3.03. The quantitative estimate of drug-likeness (QED) is 0.583. The largest absolute Gasteiger partial charge is 0.311 e. The van der Waals surface area contributed by atoms with Gasteiger partial charge in [0.2, 0.25) is 17.7 Å². The number of fused-ring (bicyclic) bond motifs is 1. The molecule has 0 aliphatic carbocycles. The van der Waals surface area contributed by atoms with Crippen LogP contribution in [-0.4, -0.2) is 28.4 Å². The molecule has 2 aromatic rings. The molecule has 0 radical (unpaired) electrons. The Balaban J connectivity index is 1.55. The molecule has 29 heavy (non-hydrogen) atoms. The van der Waals surface area contributed by atoms with Crippen molar-refractivity contribution in [1.82, 2.24) is 15.8 Å². The molecule has 2 N–H and O–H groups in total. The topological polar surface area (TPSA) is 78.5 Å². The fourth-order valence-electron chi connectivity index (χ4n) is 3.02. The summed E-state index contributed by atoms with van der Waals surface area (Å²) >= 11 is 1.04. The fraction of sp³-hybridized carbons (Fsp3) is 0.190. The van der Waals surface area contributed by atoms with Crippen LogP contribution in [0.1, 0.15) is 30.5 Å². The van der Waals surface area contributed by atoms with Crippen LogP contribution in [0.25, 0.3) is 6.08 Å². The van der Waals surface area contributed by atoms with Crippen molar-refractivity contribution in [1.29, 1.82) is 0 Å². The molecule has 6 nitrogen and oxygen atoms in total. The molecule has 3 rings (SSSR count). The number of amides is 3. The van der Waals surface area contributed by atoms with E-state index >= 15 is 0 Å². The second-order valence-corrected chi connectivity index (χ2v) is 7.42. The molecular formula is C21H20FN3O3S. The monoisotopic (exact) mass is 413 g/mol. The number of nitrogens with one attached hydrogen (secondary N) is 2. The van der Waals surface area contributed by atoms with Gasteiger partial charge in [0.25, 0.3) is 0 Å². The molecule has 0 unspecified atom stereocenters. The summed E-state index contributed by atoms with van der Waals surface area (Å²) in [5.74, 6) is -1.52. The zero-order valence-corrected chi connectivity index (χ0v) is 16.5. The number of rotatable bonds is 5. The molecular weight excluding hydrogens is 393 g/mol. The highest BCUT2D eigenvalue weighted by atomic mass is 32.2. The maximum absolute atomic E-state index is 13.6. The van der Waals surface area contributed by atoms with E-state index in [9.17, 15) is 18.8 Å². The van der Waals surface area contributed by atoms with Crippen LogP contribution in [0.5, 0.6) is 0 Å². The van der Waals surface area contributed by atoms with Gasteiger partial charge in [-0.1, -0.05) is 36.4 Å². The second kappa shape index (κ2) is 9.38. The Morgan fingerprint density at radius 3 is 2.48 bits per heavy atom. The summed E-state index contributed by atoms with van der Waals surface area (Å²) in [6.07, 6.45) is 3.47. The van der Waals surface area contributed by atoms with E-state index in [1.807, 2.05) is 30.3 Å². The first-order valence-electron chi connectivity index (χ1n) is 8.96. The molecule has 0 saturated carbocycles. The van der Waals surface area contributed by atoms with Crippen LogP contribution in [-0.2, 0) is 14.4 Å². The van der Waals surface area contributed by atoms with Gasteiger partial charge in [0.15, 0.2) is 0 Å². The Hall–Kier alpha value is -3.13. The van der Waals surface area contributed by atoms with Crippen LogP contribution < -0.4 is 10.9 Å². The number of carbonyl (C=O) groups is 3.